The fourth-order valence-corrected chi connectivity index (χ4v) is 4.12. The maximum absolute atomic E-state index is 11.7. The van der Waals surface area contributed by atoms with Gasteiger partial charge in [-0.05, 0) is 36.6 Å². The highest BCUT2D eigenvalue weighted by Crippen LogP contribution is 2.32. The van der Waals surface area contributed by atoms with Crippen LogP contribution >= 0.6 is 0 Å². The first-order valence-corrected chi connectivity index (χ1v) is 10.6. The molecule has 0 radical (unpaired) electrons. The Kier molecular flexibility index (Phi) is 6.43. The van der Waals surface area contributed by atoms with Crippen LogP contribution in [0.1, 0.15) is 18.4 Å². The largest absolute Gasteiger partial charge is 0.489 e. The molecule has 3 N–H and O–H groups in total. The number of aromatic nitrogens is 1. The summed E-state index contributed by atoms with van der Waals surface area (Å²) in [6.45, 7) is 1.50. The third kappa shape index (κ3) is 4.92. The van der Waals surface area contributed by atoms with E-state index < -0.39 is 23.6 Å². The van der Waals surface area contributed by atoms with E-state index in [0.717, 1.165) is 16.5 Å². The van der Waals surface area contributed by atoms with Crippen molar-refractivity contribution in [2.75, 3.05) is 26.2 Å². The van der Waals surface area contributed by atoms with Crippen LogP contribution in [0.3, 0.4) is 0 Å². The number of carboxylic acid groups (broad SMARTS) is 1. The van der Waals surface area contributed by atoms with Crippen LogP contribution in [0.2, 0.25) is 0 Å². The van der Waals surface area contributed by atoms with E-state index in [0.29, 0.717) is 38.2 Å². The number of benzene rings is 2. The number of ether oxygens (including phenoxy) is 2. The van der Waals surface area contributed by atoms with Gasteiger partial charge in [0.2, 0.25) is 0 Å². The van der Waals surface area contributed by atoms with Crippen LogP contribution in [-0.2, 0) is 19.9 Å². The number of carboxylic acids is 1. The number of rotatable bonds is 7. The summed E-state index contributed by atoms with van der Waals surface area (Å²) in [5.74, 6) is -2.33. The van der Waals surface area contributed by atoms with Crippen LogP contribution in [-0.4, -0.2) is 64.4 Å². The molecule has 0 bridgehead atoms. The van der Waals surface area contributed by atoms with E-state index in [2.05, 4.69) is 9.88 Å². The maximum Gasteiger partial charge on any atom is 0.417 e. The van der Waals surface area contributed by atoms with E-state index in [-0.39, 0.29) is 6.61 Å². The Morgan fingerprint density at radius 1 is 1.06 bits per heavy atom. The number of aliphatic carboxylic acids is 1. The molecule has 32 heavy (non-hydrogen) atoms. The minimum atomic E-state index is -1.64. The Morgan fingerprint density at radius 3 is 2.53 bits per heavy atom. The molecule has 1 aliphatic heterocycles. The number of fused-ring (bicyclic) bond motifs is 1. The average molecular weight is 438 g/mol. The predicted octanol–water partition coefficient (Wildman–Crippen LogP) is 2.53. The molecule has 8 nitrogen and oxygen atoms in total. The second kappa shape index (κ2) is 9.42. The molecule has 1 saturated heterocycles. The number of carbonyl (C=O) groups excluding carboxylic acids is 1. The summed E-state index contributed by atoms with van der Waals surface area (Å²) < 4.78 is 11.1. The van der Waals surface area contributed by atoms with Gasteiger partial charge >= 0.3 is 11.9 Å². The summed E-state index contributed by atoms with van der Waals surface area (Å²) >= 11 is 0. The number of carbonyl (C=O) groups is 2. The van der Waals surface area contributed by atoms with E-state index >= 15 is 0 Å². The second-order valence-electron chi connectivity index (χ2n) is 8.04. The highest BCUT2D eigenvalue weighted by atomic mass is 16.6. The first kappa shape index (κ1) is 21.9. The third-order valence-electron chi connectivity index (χ3n) is 5.88. The molecule has 168 valence electrons. The van der Waals surface area contributed by atoms with Crippen LogP contribution < -0.4 is 4.74 Å². The number of nitrogens with one attached hydrogen (secondary N) is 1. The molecule has 4 rings (SSSR count). The van der Waals surface area contributed by atoms with Crippen LogP contribution in [0.25, 0.3) is 10.9 Å². The number of likely N-dealkylation sites (tertiary alicyclic amines) is 1. The number of aliphatic hydroxyl groups is 1. The Morgan fingerprint density at radius 2 is 1.81 bits per heavy atom. The van der Waals surface area contributed by atoms with Gasteiger partial charge in [0, 0.05) is 36.7 Å². The zero-order valence-electron chi connectivity index (χ0n) is 17.6. The zero-order valence-corrected chi connectivity index (χ0v) is 17.6. The summed E-state index contributed by atoms with van der Waals surface area (Å²) in [7, 11) is 0. The summed E-state index contributed by atoms with van der Waals surface area (Å²) in [5.41, 5.74) is 0.903. The first-order valence-electron chi connectivity index (χ1n) is 10.6. The summed E-state index contributed by atoms with van der Waals surface area (Å²) in [4.78, 5) is 27.9. The summed E-state index contributed by atoms with van der Waals surface area (Å²) in [6.07, 6.45) is 2.09. The molecule has 0 amide bonds. The number of hydrogen-bond acceptors (Lipinski definition) is 6. The monoisotopic (exact) mass is 438 g/mol. The fraction of sp³-hybridized carbons (Fsp3) is 0.333. The molecule has 1 aliphatic rings. The SMILES string of the molecule is O=C(O)C(=O)O[C@H](COc1cccc2[nH]ccc12)CN1CCC(O)(c2ccccc2)CC1. The van der Waals surface area contributed by atoms with Gasteiger partial charge in [0.1, 0.15) is 18.5 Å². The molecule has 3 aromatic rings. The van der Waals surface area contributed by atoms with Crippen molar-refractivity contribution in [1.82, 2.24) is 9.88 Å². The third-order valence-corrected chi connectivity index (χ3v) is 5.88. The number of piperidine rings is 1. The lowest BCUT2D eigenvalue weighted by Crippen LogP contribution is -2.47. The van der Waals surface area contributed by atoms with Gasteiger partial charge in [0.05, 0.1) is 5.60 Å². The van der Waals surface area contributed by atoms with Gasteiger partial charge in [-0.15, -0.1) is 0 Å². The Hall–Kier alpha value is -3.36. The predicted molar refractivity (Wildman–Crippen MR) is 117 cm³/mol. The highest BCUT2D eigenvalue weighted by molar-refractivity contribution is 6.28. The molecular weight excluding hydrogens is 412 g/mol. The molecule has 0 unspecified atom stereocenters. The van der Waals surface area contributed by atoms with Gasteiger partial charge in [-0.25, -0.2) is 9.59 Å². The molecule has 1 atom stereocenters. The van der Waals surface area contributed by atoms with Crippen molar-refractivity contribution in [2.45, 2.75) is 24.5 Å². The van der Waals surface area contributed by atoms with E-state index in [1.54, 1.807) is 6.20 Å². The van der Waals surface area contributed by atoms with E-state index in [1.807, 2.05) is 54.6 Å². The van der Waals surface area contributed by atoms with Crippen molar-refractivity contribution in [3.05, 3.63) is 66.4 Å². The van der Waals surface area contributed by atoms with Crippen molar-refractivity contribution < 1.29 is 29.3 Å². The maximum atomic E-state index is 11.7. The van der Waals surface area contributed by atoms with E-state index in [1.165, 1.54) is 0 Å². The molecular formula is C24H26N2O6. The highest BCUT2D eigenvalue weighted by Gasteiger charge is 2.35. The number of hydrogen-bond donors (Lipinski definition) is 3. The van der Waals surface area contributed by atoms with Gasteiger partial charge in [0.25, 0.3) is 0 Å². The number of nitrogens with zero attached hydrogens (tertiary/aromatic N) is 1. The van der Waals surface area contributed by atoms with Crippen LogP contribution in [0, 0.1) is 0 Å². The normalized spacial score (nSPS) is 17.0. The van der Waals surface area contributed by atoms with Crippen LogP contribution in [0.4, 0.5) is 0 Å². The fourth-order valence-electron chi connectivity index (χ4n) is 4.12. The van der Waals surface area contributed by atoms with Gasteiger partial charge in [-0.3, -0.25) is 4.90 Å². The molecule has 0 aliphatic carbocycles. The Labute approximate surface area is 185 Å². The average Bonchev–Trinajstić information content (AvgIpc) is 3.29. The molecule has 8 heteroatoms. The Balaban J connectivity index is 1.40. The van der Waals surface area contributed by atoms with Crippen molar-refractivity contribution in [2.24, 2.45) is 0 Å². The molecule has 1 fully saturated rings. The second-order valence-corrected chi connectivity index (χ2v) is 8.04. The molecule has 2 aromatic carbocycles. The minimum Gasteiger partial charge on any atom is -0.489 e. The van der Waals surface area contributed by atoms with Gasteiger partial charge in [-0.1, -0.05) is 36.4 Å². The lowest BCUT2D eigenvalue weighted by molar-refractivity contribution is -0.169. The first-order chi connectivity index (χ1) is 15.4. The standard InChI is InChI=1S/C24H26N2O6/c27-22(28)23(29)32-18(16-31-21-8-4-7-20-19(21)9-12-25-20)15-26-13-10-24(30,11-14-26)17-5-2-1-3-6-17/h1-9,12,18,25,30H,10-11,13-16H2,(H,27,28)/t18-/m0/s1. The van der Waals surface area contributed by atoms with Crippen LogP contribution in [0.15, 0.2) is 60.8 Å². The topological polar surface area (TPSA) is 112 Å². The van der Waals surface area contributed by atoms with Gasteiger partial charge in [-0.2, -0.15) is 0 Å². The minimum absolute atomic E-state index is 0.0166. The summed E-state index contributed by atoms with van der Waals surface area (Å²) in [5, 5.41) is 20.9. The van der Waals surface area contributed by atoms with Gasteiger partial charge in [0.15, 0.2) is 0 Å². The number of H-pyrrole nitrogens is 1. The van der Waals surface area contributed by atoms with Crippen molar-refractivity contribution in [3.8, 4) is 5.75 Å². The number of aromatic amines is 1. The van der Waals surface area contributed by atoms with Crippen molar-refractivity contribution in [3.63, 3.8) is 0 Å². The molecule has 0 spiro atoms. The lowest BCUT2D eigenvalue weighted by Gasteiger charge is -2.39. The summed E-state index contributed by atoms with van der Waals surface area (Å²) in [6, 6.07) is 17.0. The molecule has 1 aromatic heterocycles. The smallest absolute Gasteiger partial charge is 0.417 e. The van der Waals surface area contributed by atoms with E-state index in [4.69, 9.17) is 14.6 Å². The van der Waals surface area contributed by atoms with Gasteiger partial charge < -0.3 is 24.7 Å². The van der Waals surface area contributed by atoms with Crippen LogP contribution in [0.5, 0.6) is 5.75 Å². The molecule has 2 heterocycles. The van der Waals surface area contributed by atoms with Crippen molar-refractivity contribution in [1.29, 1.82) is 0 Å². The molecule has 0 saturated carbocycles. The Bertz CT molecular complexity index is 1070. The zero-order chi connectivity index (χ0) is 22.6. The van der Waals surface area contributed by atoms with E-state index in [9.17, 15) is 14.7 Å². The number of esters is 1. The lowest BCUT2D eigenvalue weighted by atomic mass is 9.84. The quantitative estimate of drug-likeness (QED) is 0.384. The van der Waals surface area contributed by atoms with Crippen molar-refractivity contribution >= 4 is 22.8 Å².